The molecule has 0 saturated heterocycles. The molecule has 0 aliphatic heterocycles. The molecule has 0 aromatic heterocycles. The lowest BCUT2D eigenvalue weighted by molar-refractivity contribution is 0.102. The van der Waals surface area contributed by atoms with Crippen LogP contribution in [0.5, 0.6) is 0 Å². The van der Waals surface area contributed by atoms with Crippen molar-refractivity contribution in [1.82, 2.24) is 0 Å². The van der Waals surface area contributed by atoms with Crippen molar-refractivity contribution in [3.8, 4) is 0 Å². The maximum Gasteiger partial charge on any atom is 0.256 e. The average Bonchev–Trinajstić information content (AvgIpc) is 2.37. The second-order valence-corrected chi connectivity index (χ2v) is 5.52. The third-order valence-corrected chi connectivity index (χ3v) is 3.68. The zero-order valence-corrected chi connectivity index (χ0v) is 13.2. The van der Waals surface area contributed by atoms with Crippen LogP contribution in [0.15, 0.2) is 36.4 Å². The van der Waals surface area contributed by atoms with Gasteiger partial charge in [0.05, 0.1) is 5.69 Å². The highest BCUT2D eigenvalue weighted by Crippen LogP contribution is 2.22. The molecule has 0 spiro atoms. The Kier molecular flexibility index (Phi) is 4.38. The second-order valence-electron chi connectivity index (χ2n) is 5.08. The number of hydrogen-bond donors (Lipinski definition) is 2. The highest BCUT2D eigenvalue weighted by Gasteiger charge is 2.15. The molecule has 21 heavy (non-hydrogen) atoms. The van der Waals surface area contributed by atoms with E-state index in [1.165, 1.54) is 0 Å². The minimum Gasteiger partial charge on any atom is -0.389 e. The van der Waals surface area contributed by atoms with Gasteiger partial charge in [0.25, 0.3) is 5.91 Å². The Hall–Kier alpha value is -2.20. The molecule has 0 atom stereocenters. The largest absolute Gasteiger partial charge is 0.389 e. The summed E-state index contributed by atoms with van der Waals surface area (Å²) in [7, 11) is 0. The van der Waals surface area contributed by atoms with E-state index >= 15 is 0 Å². The van der Waals surface area contributed by atoms with E-state index in [0.29, 0.717) is 16.8 Å². The molecule has 0 fully saturated rings. The number of rotatable bonds is 3. The van der Waals surface area contributed by atoms with Crippen molar-refractivity contribution in [2.45, 2.75) is 20.8 Å². The second kappa shape index (κ2) is 6.06. The molecule has 0 saturated carbocycles. The summed E-state index contributed by atoms with van der Waals surface area (Å²) in [6, 6.07) is 11.4. The summed E-state index contributed by atoms with van der Waals surface area (Å²) in [5, 5.41) is 2.92. The quantitative estimate of drug-likeness (QED) is 0.853. The normalized spacial score (nSPS) is 10.2. The first-order valence-corrected chi connectivity index (χ1v) is 7.09. The van der Waals surface area contributed by atoms with Crippen LogP contribution in [0, 0.1) is 20.8 Å². The number of benzene rings is 2. The summed E-state index contributed by atoms with van der Waals surface area (Å²) in [6.07, 6.45) is 0. The zero-order chi connectivity index (χ0) is 15.6. The molecule has 2 aromatic rings. The van der Waals surface area contributed by atoms with Gasteiger partial charge < -0.3 is 11.1 Å². The van der Waals surface area contributed by atoms with Crippen LogP contribution in [0.4, 0.5) is 5.69 Å². The van der Waals surface area contributed by atoms with E-state index in [9.17, 15) is 4.79 Å². The first kappa shape index (κ1) is 15.2. The van der Waals surface area contributed by atoms with Crippen molar-refractivity contribution in [2.24, 2.45) is 5.73 Å². The molecule has 3 N–H and O–H groups in total. The summed E-state index contributed by atoms with van der Waals surface area (Å²) in [5.74, 6) is -0.145. The van der Waals surface area contributed by atoms with Crippen molar-refractivity contribution in [1.29, 1.82) is 0 Å². The van der Waals surface area contributed by atoms with Gasteiger partial charge in [0.1, 0.15) is 4.99 Å². The number of hydrogen-bond acceptors (Lipinski definition) is 2. The Labute approximate surface area is 130 Å². The molecule has 1 amide bonds. The Morgan fingerprint density at radius 3 is 1.95 bits per heavy atom. The summed E-state index contributed by atoms with van der Waals surface area (Å²) in [4.78, 5) is 12.8. The molecule has 4 heteroatoms. The molecule has 108 valence electrons. The third kappa shape index (κ3) is 3.11. The molecular weight excluding hydrogens is 280 g/mol. The van der Waals surface area contributed by atoms with Crippen molar-refractivity contribution >= 4 is 28.8 Å². The molecule has 2 rings (SSSR count). The lowest BCUT2D eigenvalue weighted by atomic mass is 10.0. The summed E-state index contributed by atoms with van der Waals surface area (Å²) < 4.78 is 0. The van der Waals surface area contributed by atoms with E-state index in [0.717, 1.165) is 16.7 Å². The van der Waals surface area contributed by atoms with Crippen LogP contribution in [0.25, 0.3) is 0 Å². The fraction of sp³-hybridized carbons (Fsp3) is 0.176. The SMILES string of the molecule is Cc1cccc(C)c1C(=O)Nc1cccc(C)c1C(N)=S. The number of nitrogens with one attached hydrogen (secondary N) is 1. The Balaban J connectivity index is 2.42. The number of thiocarbonyl (C=S) groups is 1. The minimum absolute atomic E-state index is 0.145. The van der Waals surface area contributed by atoms with Gasteiger partial charge in [-0.1, -0.05) is 42.5 Å². The fourth-order valence-electron chi connectivity index (χ4n) is 2.46. The topological polar surface area (TPSA) is 55.1 Å². The average molecular weight is 298 g/mol. The standard InChI is InChI=1S/C17H18N2OS/c1-10-6-4-7-11(2)14(10)17(20)19-13-9-5-8-12(3)15(13)16(18)21/h4-9H,1-3H3,(H2,18,21)(H,19,20). The van der Waals surface area contributed by atoms with Gasteiger partial charge in [0.15, 0.2) is 0 Å². The van der Waals surface area contributed by atoms with Crippen molar-refractivity contribution in [2.75, 3.05) is 5.32 Å². The predicted molar refractivity (Wildman–Crippen MR) is 90.9 cm³/mol. The van der Waals surface area contributed by atoms with E-state index < -0.39 is 0 Å². The van der Waals surface area contributed by atoms with Gasteiger partial charge in [-0.2, -0.15) is 0 Å². The van der Waals surface area contributed by atoms with Crippen molar-refractivity contribution < 1.29 is 4.79 Å². The monoisotopic (exact) mass is 298 g/mol. The molecule has 0 heterocycles. The van der Waals surface area contributed by atoms with Gasteiger partial charge in [0, 0.05) is 11.1 Å². The van der Waals surface area contributed by atoms with Gasteiger partial charge >= 0.3 is 0 Å². The Bertz CT molecular complexity index is 702. The van der Waals surface area contributed by atoms with Gasteiger partial charge in [0.2, 0.25) is 0 Å². The number of anilines is 1. The third-order valence-electron chi connectivity index (χ3n) is 3.48. The van der Waals surface area contributed by atoms with Crippen molar-refractivity contribution in [3.05, 3.63) is 64.2 Å². The summed E-state index contributed by atoms with van der Waals surface area (Å²) in [5.41, 5.74) is 10.7. The highest BCUT2D eigenvalue weighted by atomic mass is 32.1. The molecule has 2 aromatic carbocycles. The molecule has 0 radical (unpaired) electrons. The Morgan fingerprint density at radius 2 is 1.43 bits per heavy atom. The van der Waals surface area contributed by atoms with E-state index in [4.69, 9.17) is 18.0 Å². The Morgan fingerprint density at radius 1 is 0.952 bits per heavy atom. The highest BCUT2D eigenvalue weighted by molar-refractivity contribution is 7.80. The predicted octanol–water partition coefficient (Wildman–Crippen LogP) is 3.50. The van der Waals surface area contributed by atoms with Gasteiger partial charge in [-0.3, -0.25) is 4.79 Å². The summed E-state index contributed by atoms with van der Waals surface area (Å²) >= 11 is 5.08. The van der Waals surface area contributed by atoms with Gasteiger partial charge in [-0.25, -0.2) is 0 Å². The van der Waals surface area contributed by atoms with Gasteiger partial charge in [-0.05, 0) is 43.5 Å². The van der Waals surface area contributed by atoms with Gasteiger partial charge in [-0.15, -0.1) is 0 Å². The molecule has 0 bridgehead atoms. The lowest BCUT2D eigenvalue weighted by Crippen LogP contribution is -2.20. The molecule has 0 unspecified atom stereocenters. The zero-order valence-electron chi connectivity index (χ0n) is 12.4. The first-order valence-electron chi connectivity index (χ1n) is 6.68. The van der Waals surface area contributed by atoms with E-state index in [2.05, 4.69) is 5.32 Å². The van der Waals surface area contributed by atoms with Crippen LogP contribution < -0.4 is 11.1 Å². The smallest absolute Gasteiger partial charge is 0.256 e. The fourth-order valence-corrected chi connectivity index (χ4v) is 2.73. The van der Waals surface area contributed by atoms with E-state index in [1.807, 2.05) is 57.2 Å². The van der Waals surface area contributed by atoms with E-state index in [-0.39, 0.29) is 10.9 Å². The number of carbonyl (C=O) groups is 1. The number of nitrogens with two attached hydrogens (primary N) is 1. The molecule has 0 aliphatic carbocycles. The molecular formula is C17H18N2OS. The number of carbonyl (C=O) groups excluding carboxylic acids is 1. The van der Waals surface area contributed by atoms with Crippen LogP contribution in [-0.4, -0.2) is 10.9 Å². The first-order chi connectivity index (χ1) is 9.91. The van der Waals surface area contributed by atoms with Crippen LogP contribution in [0.1, 0.15) is 32.6 Å². The van der Waals surface area contributed by atoms with Crippen LogP contribution in [-0.2, 0) is 0 Å². The molecule has 3 nitrogen and oxygen atoms in total. The lowest BCUT2D eigenvalue weighted by Gasteiger charge is -2.14. The van der Waals surface area contributed by atoms with E-state index in [1.54, 1.807) is 0 Å². The summed E-state index contributed by atoms with van der Waals surface area (Å²) in [6.45, 7) is 5.77. The minimum atomic E-state index is -0.145. The van der Waals surface area contributed by atoms with Crippen LogP contribution in [0.2, 0.25) is 0 Å². The number of amides is 1. The maximum atomic E-state index is 12.5. The van der Waals surface area contributed by atoms with Crippen molar-refractivity contribution in [3.63, 3.8) is 0 Å². The number of aryl methyl sites for hydroxylation is 3. The molecule has 0 aliphatic rings. The maximum absolute atomic E-state index is 12.5. The van der Waals surface area contributed by atoms with Crippen LogP contribution in [0.3, 0.4) is 0 Å². The van der Waals surface area contributed by atoms with Crippen LogP contribution >= 0.6 is 12.2 Å².